The van der Waals surface area contributed by atoms with Crippen molar-refractivity contribution in [2.45, 2.75) is 44.9 Å². The van der Waals surface area contributed by atoms with Crippen molar-refractivity contribution in [1.82, 2.24) is 5.32 Å². The maximum absolute atomic E-state index is 5.14. The van der Waals surface area contributed by atoms with E-state index in [4.69, 9.17) is 4.74 Å². The first-order valence-electron chi connectivity index (χ1n) is 5.96. The molecular formula is C12H25NO. The molecule has 0 aromatic carbocycles. The minimum absolute atomic E-state index is 0.589. The molecular weight excluding hydrogens is 174 g/mol. The largest absolute Gasteiger partial charge is 0.385 e. The smallest absolute Gasteiger partial charge is 0.0462 e. The Balaban J connectivity index is 2.34. The second-order valence-electron chi connectivity index (χ2n) is 4.69. The van der Waals surface area contributed by atoms with Crippen molar-refractivity contribution in [3.63, 3.8) is 0 Å². The van der Waals surface area contributed by atoms with Gasteiger partial charge in [-0.3, -0.25) is 0 Å². The summed E-state index contributed by atoms with van der Waals surface area (Å²) in [5, 5.41) is 3.36. The highest BCUT2D eigenvalue weighted by Crippen LogP contribution is 2.39. The van der Waals surface area contributed by atoms with Crippen LogP contribution in [0.25, 0.3) is 0 Å². The van der Waals surface area contributed by atoms with E-state index in [9.17, 15) is 0 Å². The van der Waals surface area contributed by atoms with Crippen LogP contribution in [0.15, 0.2) is 0 Å². The average Bonchev–Trinajstić information content (AvgIpc) is 2.20. The third-order valence-corrected chi connectivity index (χ3v) is 3.52. The van der Waals surface area contributed by atoms with Gasteiger partial charge in [0, 0.05) is 20.3 Å². The maximum Gasteiger partial charge on any atom is 0.0462 e. The highest BCUT2D eigenvalue weighted by atomic mass is 16.5. The van der Waals surface area contributed by atoms with Crippen molar-refractivity contribution in [1.29, 1.82) is 0 Å². The molecule has 0 radical (unpaired) electrons. The first-order chi connectivity index (χ1) is 6.83. The first-order valence-corrected chi connectivity index (χ1v) is 5.96. The van der Waals surface area contributed by atoms with Gasteiger partial charge in [0.1, 0.15) is 0 Å². The minimum Gasteiger partial charge on any atom is -0.385 e. The summed E-state index contributed by atoms with van der Waals surface area (Å²) >= 11 is 0. The minimum atomic E-state index is 0.589. The van der Waals surface area contributed by atoms with Crippen LogP contribution in [-0.4, -0.2) is 27.3 Å². The first kappa shape index (κ1) is 12.0. The third-order valence-electron chi connectivity index (χ3n) is 3.52. The van der Waals surface area contributed by atoms with E-state index in [1.54, 1.807) is 7.11 Å². The van der Waals surface area contributed by atoms with Gasteiger partial charge in [-0.15, -0.1) is 0 Å². The van der Waals surface area contributed by atoms with Crippen LogP contribution in [0.1, 0.15) is 44.9 Å². The Kier molecular flexibility index (Phi) is 5.49. The Morgan fingerprint density at radius 3 is 2.50 bits per heavy atom. The Bertz CT molecular complexity index is 136. The summed E-state index contributed by atoms with van der Waals surface area (Å²) in [4.78, 5) is 0. The molecule has 0 amide bonds. The van der Waals surface area contributed by atoms with Gasteiger partial charge in [-0.25, -0.2) is 0 Å². The normalized spacial score (nSPS) is 21.0. The van der Waals surface area contributed by atoms with Crippen LogP contribution in [-0.2, 0) is 4.74 Å². The van der Waals surface area contributed by atoms with Gasteiger partial charge >= 0.3 is 0 Å². The molecule has 84 valence electrons. The second-order valence-corrected chi connectivity index (χ2v) is 4.69. The fourth-order valence-electron chi connectivity index (χ4n) is 2.78. The van der Waals surface area contributed by atoms with Crippen molar-refractivity contribution in [2.75, 3.05) is 27.3 Å². The summed E-state index contributed by atoms with van der Waals surface area (Å²) < 4.78 is 5.14. The Hall–Kier alpha value is -0.0800. The van der Waals surface area contributed by atoms with Gasteiger partial charge in [0.15, 0.2) is 0 Å². The standard InChI is InChI=1S/C12H25NO/c1-13-11-12(9-6-10-14-2)7-4-3-5-8-12/h13H,3-11H2,1-2H3. The molecule has 0 aromatic rings. The SMILES string of the molecule is CNCC1(CCCOC)CCCCC1. The van der Waals surface area contributed by atoms with Crippen LogP contribution in [0.3, 0.4) is 0 Å². The van der Waals surface area contributed by atoms with E-state index in [1.807, 2.05) is 0 Å². The predicted octanol–water partition coefficient (Wildman–Crippen LogP) is 2.58. The second kappa shape index (κ2) is 6.41. The molecule has 1 aliphatic carbocycles. The van der Waals surface area contributed by atoms with Crippen LogP contribution in [0.5, 0.6) is 0 Å². The summed E-state index contributed by atoms with van der Waals surface area (Å²) in [6.07, 6.45) is 9.67. The predicted molar refractivity (Wildman–Crippen MR) is 60.6 cm³/mol. The van der Waals surface area contributed by atoms with Crippen LogP contribution >= 0.6 is 0 Å². The fraction of sp³-hybridized carbons (Fsp3) is 1.00. The summed E-state index contributed by atoms with van der Waals surface area (Å²) in [6, 6.07) is 0. The zero-order valence-corrected chi connectivity index (χ0v) is 9.77. The molecule has 1 N–H and O–H groups in total. The van der Waals surface area contributed by atoms with Crippen LogP contribution in [0.2, 0.25) is 0 Å². The third kappa shape index (κ3) is 3.58. The quantitative estimate of drug-likeness (QED) is 0.664. The molecule has 1 saturated carbocycles. The van der Waals surface area contributed by atoms with Crippen LogP contribution in [0, 0.1) is 5.41 Å². The van der Waals surface area contributed by atoms with E-state index in [0.29, 0.717) is 5.41 Å². The van der Waals surface area contributed by atoms with Crippen molar-refractivity contribution >= 4 is 0 Å². The van der Waals surface area contributed by atoms with E-state index in [0.717, 1.165) is 6.61 Å². The monoisotopic (exact) mass is 199 g/mol. The van der Waals surface area contributed by atoms with E-state index in [-0.39, 0.29) is 0 Å². The van der Waals surface area contributed by atoms with Crippen LogP contribution in [0.4, 0.5) is 0 Å². The van der Waals surface area contributed by atoms with Crippen molar-refractivity contribution in [2.24, 2.45) is 5.41 Å². The van der Waals surface area contributed by atoms with E-state index in [2.05, 4.69) is 12.4 Å². The zero-order valence-electron chi connectivity index (χ0n) is 9.77. The Labute approximate surface area is 88.4 Å². The molecule has 0 aliphatic heterocycles. The molecule has 0 aromatic heterocycles. The van der Waals surface area contributed by atoms with E-state index < -0.39 is 0 Å². The molecule has 0 heterocycles. The van der Waals surface area contributed by atoms with Crippen LogP contribution < -0.4 is 5.32 Å². The summed E-state index contributed by atoms with van der Waals surface area (Å²) in [5.41, 5.74) is 0.589. The lowest BCUT2D eigenvalue weighted by atomic mass is 9.71. The Morgan fingerprint density at radius 2 is 1.93 bits per heavy atom. The van der Waals surface area contributed by atoms with Gasteiger partial charge in [-0.2, -0.15) is 0 Å². The molecule has 2 nitrogen and oxygen atoms in total. The zero-order chi connectivity index (χ0) is 10.3. The Morgan fingerprint density at radius 1 is 1.21 bits per heavy atom. The lowest BCUT2D eigenvalue weighted by molar-refractivity contribution is 0.132. The van der Waals surface area contributed by atoms with E-state index >= 15 is 0 Å². The highest BCUT2D eigenvalue weighted by molar-refractivity contribution is 4.84. The molecule has 0 unspecified atom stereocenters. The number of methoxy groups -OCH3 is 1. The van der Waals surface area contributed by atoms with Gasteiger partial charge in [-0.1, -0.05) is 19.3 Å². The van der Waals surface area contributed by atoms with Gasteiger partial charge in [0.25, 0.3) is 0 Å². The molecule has 1 fully saturated rings. The number of hydrogen-bond acceptors (Lipinski definition) is 2. The maximum atomic E-state index is 5.14. The molecule has 2 heteroatoms. The van der Waals surface area contributed by atoms with E-state index in [1.165, 1.54) is 51.5 Å². The van der Waals surface area contributed by atoms with Gasteiger partial charge < -0.3 is 10.1 Å². The summed E-state index contributed by atoms with van der Waals surface area (Å²) in [6.45, 7) is 2.11. The van der Waals surface area contributed by atoms with Crippen molar-refractivity contribution < 1.29 is 4.74 Å². The lowest BCUT2D eigenvalue weighted by Crippen LogP contribution is -2.34. The number of ether oxygens (including phenoxy) is 1. The molecule has 1 aliphatic rings. The lowest BCUT2D eigenvalue weighted by Gasteiger charge is -2.37. The number of rotatable bonds is 6. The molecule has 0 spiro atoms. The molecule has 14 heavy (non-hydrogen) atoms. The topological polar surface area (TPSA) is 21.3 Å². The molecule has 0 bridgehead atoms. The van der Waals surface area contributed by atoms with Gasteiger partial charge in [0.2, 0.25) is 0 Å². The van der Waals surface area contributed by atoms with Crippen molar-refractivity contribution in [3.8, 4) is 0 Å². The summed E-state index contributed by atoms with van der Waals surface area (Å²) in [7, 11) is 3.87. The molecule has 0 atom stereocenters. The fourth-order valence-corrected chi connectivity index (χ4v) is 2.78. The number of hydrogen-bond donors (Lipinski definition) is 1. The molecule has 1 rings (SSSR count). The van der Waals surface area contributed by atoms with Crippen molar-refractivity contribution in [3.05, 3.63) is 0 Å². The highest BCUT2D eigenvalue weighted by Gasteiger charge is 2.30. The van der Waals surface area contributed by atoms with Gasteiger partial charge in [0.05, 0.1) is 0 Å². The summed E-state index contributed by atoms with van der Waals surface area (Å²) in [5.74, 6) is 0. The molecule has 0 saturated heterocycles. The average molecular weight is 199 g/mol. The number of nitrogens with one attached hydrogen (secondary N) is 1. The van der Waals surface area contributed by atoms with Gasteiger partial charge in [-0.05, 0) is 38.1 Å².